The molecule has 0 heterocycles. The average molecular weight is 289 g/mol. The molecule has 1 aromatic carbocycles. The van der Waals surface area contributed by atoms with Crippen molar-refractivity contribution in [3.8, 4) is 0 Å². The van der Waals surface area contributed by atoms with Crippen LogP contribution in [0, 0.1) is 0 Å². The standard InChI is InChI=1S/C13H18Cl2N2O/c1-8(16-12(18)17-13(2,3)4)10-6-5-9(14)7-11(10)15/h5-8H,1-4H3,(H2,16,17,18). The van der Waals surface area contributed by atoms with Crippen molar-refractivity contribution >= 4 is 29.2 Å². The third-order valence-electron chi connectivity index (χ3n) is 2.27. The maximum Gasteiger partial charge on any atom is 0.315 e. The van der Waals surface area contributed by atoms with Crippen LogP contribution in [0.25, 0.3) is 0 Å². The lowest BCUT2D eigenvalue weighted by molar-refractivity contribution is 0.229. The van der Waals surface area contributed by atoms with Gasteiger partial charge in [0.05, 0.1) is 6.04 Å². The van der Waals surface area contributed by atoms with E-state index in [1.807, 2.05) is 33.8 Å². The highest BCUT2D eigenvalue weighted by Gasteiger charge is 2.17. The largest absolute Gasteiger partial charge is 0.334 e. The van der Waals surface area contributed by atoms with E-state index in [-0.39, 0.29) is 17.6 Å². The van der Waals surface area contributed by atoms with Gasteiger partial charge in [0, 0.05) is 15.6 Å². The summed E-state index contributed by atoms with van der Waals surface area (Å²) in [6, 6.07) is 4.83. The summed E-state index contributed by atoms with van der Waals surface area (Å²) in [7, 11) is 0. The number of amides is 2. The molecule has 2 amide bonds. The molecular formula is C13H18Cl2N2O. The number of hydrogen-bond acceptors (Lipinski definition) is 1. The second kappa shape index (κ2) is 5.81. The van der Waals surface area contributed by atoms with Crippen LogP contribution in [-0.4, -0.2) is 11.6 Å². The van der Waals surface area contributed by atoms with Crippen molar-refractivity contribution in [1.82, 2.24) is 10.6 Å². The van der Waals surface area contributed by atoms with E-state index in [9.17, 15) is 4.79 Å². The molecule has 1 unspecified atom stereocenters. The molecule has 0 aliphatic carbocycles. The molecule has 0 bridgehead atoms. The summed E-state index contributed by atoms with van der Waals surface area (Å²) < 4.78 is 0. The van der Waals surface area contributed by atoms with Crippen molar-refractivity contribution in [2.75, 3.05) is 0 Å². The van der Waals surface area contributed by atoms with Crippen LogP contribution in [-0.2, 0) is 0 Å². The minimum absolute atomic E-state index is 0.183. The van der Waals surface area contributed by atoms with E-state index >= 15 is 0 Å². The van der Waals surface area contributed by atoms with Crippen LogP contribution in [0.15, 0.2) is 18.2 Å². The van der Waals surface area contributed by atoms with E-state index in [2.05, 4.69) is 10.6 Å². The predicted molar refractivity (Wildman–Crippen MR) is 76.3 cm³/mol. The minimum Gasteiger partial charge on any atom is -0.334 e. The average Bonchev–Trinajstić information content (AvgIpc) is 2.13. The quantitative estimate of drug-likeness (QED) is 0.843. The van der Waals surface area contributed by atoms with Gasteiger partial charge in [-0.3, -0.25) is 0 Å². The van der Waals surface area contributed by atoms with E-state index in [0.29, 0.717) is 10.0 Å². The van der Waals surface area contributed by atoms with Crippen LogP contribution in [0.5, 0.6) is 0 Å². The third kappa shape index (κ3) is 4.75. The molecule has 100 valence electrons. The van der Waals surface area contributed by atoms with Gasteiger partial charge in [0.25, 0.3) is 0 Å². The Hall–Kier alpha value is -0.930. The first-order valence-corrected chi connectivity index (χ1v) is 6.48. The number of carbonyl (C=O) groups excluding carboxylic acids is 1. The van der Waals surface area contributed by atoms with Crippen molar-refractivity contribution in [2.24, 2.45) is 0 Å². The lowest BCUT2D eigenvalue weighted by Crippen LogP contribution is -2.47. The summed E-state index contributed by atoms with van der Waals surface area (Å²) >= 11 is 11.9. The van der Waals surface area contributed by atoms with E-state index in [4.69, 9.17) is 23.2 Å². The van der Waals surface area contributed by atoms with Gasteiger partial charge in [0.1, 0.15) is 0 Å². The number of carbonyl (C=O) groups is 1. The Balaban J connectivity index is 2.71. The lowest BCUT2D eigenvalue weighted by Gasteiger charge is -2.23. The molecule has 1 aromatic rings. The molecule has 1 atom stereocenters. The molecule has 18 heavy (non-hydrogen) atoms. The second-order valence-corrected chi connectivity index (χ2v) is 6.08. The van der Waals surface area contributed by atoms with Gasteiger partial charge in [-0.05, 0) is 45.4 Å². The second-order valence-electron chi connectivity index (χ2n) is 5.24. The third-order valence-corrected chi connectivity index (χ3v) is 2.83. The van der Waals surface area contributed by atoms with Gasteiger partial charge in [-0.25, -0.2) is 4.79 Å². The Bertz CT molecular complexity index is 441. The van der Waals surface area contributed by atoms with Gasteiger partial charge in [0.2, 0.25) is 0 Å². The summed E-state index contributed by atoms with van der Waals surface area (Å²) in [5.74, 6) is 0. The van der Waals surface area contributed by atoms with E-state index in [1.165, 1.54) is 0 Å². The maximum absolute atomic E-state index is 11.7. The van der Waals surface area contributed by atoms with Gasteiger partial charge < -0.3 is 10.6 Å². The fourth-order valence-electron chi connectivity index (χ4n) is 1.50. The molecule has 0 radical (unpaired) electrons. The van der Waals surface area contributed by atoms with Crippen molar-refractivity contribution in [2.45, 2.75) is 39.3 Å². The van der Waals surface area contributed by atoms with E-state index in [1.54, 1.807) is 12.1 Å². The van der Waals surface area contributed by atoms with Gasteiger partial charge in [0.15, 0.2) is 0 Å². The molecular weight excluding hydrogens is 271 g/mol. The smallest absolute Gasteiger partial charge is 0.315 e. The number of rotatable bonds is 2. The highest BCUT2D eigenvalue weighted by molar-refractivity contribution is 6.35. The van der Waals surface area contributed by atoms with Crippen molar-refractivity contribution in [3.05, 3.63) is 33.8 Å². The molecule has 0 saturated heterocycles. The van der Waals surface area contributed by atoms with E-state index < -0.39 is 0 Å². The van der Waals surface area contributed by atoms with Gasteiger partial charge in [-0.1, -0.05) is 29.3 Å². The van der Waals surface area contributed by atoms with Crippen LogP contribution >= 0.6 is 23.2 Å². The number of halogens is 2. The van der Waals surface area contributed by atoms with Crippen LogP contribution in [0.2, 0.25) is 10.0 Å². The monoisotopic (exact) mass is 288 g/mol. The lowest BCUT2D eigenvalue weighted by atomic mass is 10.1. The molecule has 0 spiro atoms. The van der Waals surface area contributed by atoms with Crippen LogP contribution < -0.4 is 10.6 Å². The Morgan fingerprint density at radius 2 is 1.89 bits per heavy atom. The fraction of sp³-hybridized carbons (Fsp3) is 0.462. The Labute approximate surface area is 118 Å². The fourth-order valence-corrected chi connectivity index (χ4v) is 2.08. The molecule has 2 N–H and O–H groups in total. The summed E-state index contributed by atoms with van der Waals surface area (Å²) in [6.45, 7) is 7.64. The predicted octanol–water partition coefficient (Wildman–Crippen LogP) is 4.15. The zero-order valence-electron chi connectivity index (χ0n) is 11.0. The summed E-state index contributed by atoms with van der Waals surface area (Å²) in [5.41, 5.74) is 0.568. The molecule has 0 fully saturated rings. The first-order chi connectivity index (χ1) is 8.19. The molecule has 0 saturated carbocycles. The molecule has 0 aromatic heterocycles. The minimum atomic E-state index is -0.270. The summed E-state index contributed by atoms with van der Waals surface area (Å²) in [6.07, 6.45) is 0. The van der Waals surface area contributed by atoms with Crippen molar-refractivity contribution in [3.63, 3.8) is 0 Å². The molecule has 5 heteroatoms. The maximum atomic E-state index is 11.7. The first kappa shape index (κ1) is 15.1. The Morgan fingerprint density at radius 1 is 1.28 bits per heavy atom. The Kier molecular flexibility index (Phi) is 4.88. The molecule has 0 aliphatic heterocycles. The molecule has 3 nitrogen and oxygen atoms in total. The highest BCUT2D eigenvalue weighted by atomic mass is 35.5. The zero-order valence-corrected chi connectivity index (χ0v) is 12.5. The molecule has 1 rings (SSSR count). The normalized spacial score (nSPS) is 13.0. The SMILES string of the molecule is CC(NC(=O)NC(C)(C)C)c1ccc(Cl)cc1Cl. The van der Waals surface area contributed by atoms with Crippen LogP contribution in [0.4, 0.5) is 4.79 Å². The van der Waals surface area contributed by atoms with Gasteiger partial charge in [-0.15, -0.1) is 0 Å². The zero-order chi connectivity index (χ0) is 13.9. The van der Waals surface area contributed by atoms with Crippen LogP contribution in [0.3, 0.4) is 0 Å². The highest BCUT2D eigenvalue weighted by Crippen LogP contribution is 2.25. The number of urea groups is 1. The summed E-state index contributed by atoms with van der Waals surface area (Å²) in [5, 5.41) is 6.79. The van der Waals surface area contributed by atoms with Crippen molar-refractivity contribution < 1.29 is 4.79 Å². The first-order valence-electron chi connectivity index (χ1n) is 5.72. The van der Waals surface area contributed by atoms with Gasteiger partial charge in [-0.2, -0.15) is 0 Å². The summed E-state index contributed by atoms with van der Waals surface area (Å²) in [4.78, 5) is 11.7. The molecule has 0 aliphatic rings. The van der Waals surface area contributed by atoms with Gasteiger partial charge >= 0.3 is 6.03 Å². The van der Waals surface area contributed by atoms with Crippen LogP contribution in [0.1, 0.15) is 39.3 Å². The number of nitrogens with one attached hydrogen (secondary N) is 2. The van der Waals surface area contributed by atoms with Crippen molar-refractivity contribution in [1.29, 1.82) is 0 Å². The number of hydrogen-bond donors (Lipinski definition) is 2. The number of benzene rings is 1. The Morgan fingerprint density at radius 3 is 2.39 bits per heavy atom. The van der Waals surface area contributed by atoms with E-state index in [0.717, 1.165) is 5.56 Å². The topological polar surface area (TPSA) is 41.1 Å².